The molecule has 1 fully saturated rings. The molecule has 0 spiro atoms. The van der Waals surface area contributed by atoms with Gasteiger partial charge < -0.3 is 15.8 Å². The summed E-state index contributed by atoms with van der Waals surface area (Å²) >= 11 is 4.93. The number of aromatic nitrogens is 1. The lowest BCUT2D eigenvalue weighted by Gasteiger charge is -2.09. The third-order valence-corrected chi connectivity index (χ3v) is 3.16. The van der Waals surface area contributed by atoms with Gasteiger partial charge in [0.25, 0.3) is 0 Å². The molecule has 4 nitrogen and oxygen atoms in total. The molecule has 0 saturated carbocycles. The SMILES string of the molecule is NC(=S)c1ccnc(NCCC2CCOC2)c1. The van der Waals surface area contributed by atoms with Crippen molar-refractivity contribution in [1.82, 2.24) is 4.98 Å². The number of anilines is 1. The van der Waals surface area contributed by atoms with Gasteiger partial charge in [0.1, 0.15) is 10.8 Å². The molecule has 3 N–H and O–H groups in total. The van der Waals surface area contributed by atoms with Crippen LogP contribution in [0.4, 0.5) is 5.82 Å². The zero-order valence-electron chi connectivity index (χ0n) is 9.69. The monoisotopic (exact) mass is 251 g/mol. The Balaban J connectivity index is 1.81. The van der Waals surface area contributed by atoms with Gasteiger partial charge >= 0.3 is 0 Å². The molecule has 1 unspecified atom stereocenters. The highest BCUT2D eigenvalue weighted by Crippen LogP contribution is 2.16. The third kappa shape index (κ3) is 3.64. The van der Waals surface area contributed by atoms with Gasteiger partial charge in [0.2, 0.25) is 0 Å². The maximum absolute atomic E-state index is 5.57. The lowest BCUT2D eigenvalue weighted by Crippen LogP contribution is -2.12. The van der Waals surface area contributed by atoms with Gasteiger partial charge in [0.05, 0.1) is 0 Å². The lowest BCUT2D eigenvalue weighted by atomic mass is 10.1. The average molecular weight is 251 g/mol. The molecule has 5 heteroatoms. The zero-order chi connectivity index (χ0) is 12.1. The second-order valence-corrected chi connectivity index (χ2v) is 4.68. The summed E-state index contributed by atoms with van der Waals surface area (Å²) in [7, 11) is 0. The number of nitrogens with zero attached hydrogens (tertiary/aromatic N) is 1. The smallest absolute Gasteiger partial charge is 0.126 e. The van der Waals surface area contributed by atoms with Crippen LogP contribution in [0.25, 0.3) is 0 Å². The highest BCUT2D eigenvalue weighted by molar-refractivity contribution is 7.80. The minimum atomic E-state index is 0.402. The van der Waals surface area contributed by atoms with Crippen LogP contribution in [0.15, 0.2) is 18.3 Å². The van der Waals surface area contributed by atoms with E-state index >= 15 is 0 Å². The van der Waals surface area contributed by atoms with E-state index in [0.29, 0.717) is 10.9 Å². The first-order valence-electron chi connectivity index (χ1n) is 5.83. The van der Waals surface area contributed by atoms with Crippen LogP contribution in [0.1, 0.15) is 18.4 Å². The van der Waals surface area contributed by atoms with E-state index in [-0.39, 0.29) is 0 Å². The van der Waals surface area contributed by atoms with Gasteiger partial charge in [-0.2, -0.15) is 0 Å². The summed E-state index contributed by atoms with van der Waals surface area (Å²) in [5, 5.41) is 3.28. The van der Waals surface area contributed by atoms with Crippen molar-refractivity contribution in [1.29, 1.82) is 0 Å². The lowest BCUT2D eigenvalue weighted by molar-refractivity contribution is 0.185. The molecule has 2 heterocycles. The molecule has 0 aliphatic carbocycles. The number of thiocarbonyl (C=S) groups is 1. The molecule has 0 radical (unpaired) electrons. The van der Waals surface area contributed by atoms with Crippen molar-refractivity contribution in [3.8, 4) is 0 Å². The molecule has 1 aromatic rings. The van der Waals surface area contributed by atoms with E-state index in [1.54, 1.807) is 6.20 Å². The molecular weight excluding hydrogens is 234 g/mol. The minimum absolute atomic E-state index is 0.402. The second kappa shape index (κ2) is 5.93. The summed E-state index contributed by atoms with van der Waals surface area (Å²) in [6.45, 7) is 2.70. The van der Waals surface area contributed by atoms with Crippen molar-refractivity contribution < 1.29 is 4.74 Å². The van der Waals surface area contributed by atoms with Crippen molar-refractivity contribution >= 4 is 23.0 Å². The molecule has 1 aliphatic rings. The molecule has 1 atom stereocenters. The number of ether oxygens (including phenoxy) is 1. The summed E-state index contributed by atoms with van der Waals surface area (Å²) < 4.78 is 5.33. The number of hydrogen-bond donors (Lipinski definition) is 2. The van der Waals surface area contributed by atoms with E-state index in [1.165, 1.54) is 6.42 Å². The summed E-state index contributed by atoms with van der Waals surface area (Å²) in [5.41, 5.74) is 6.42. The molecule has 1 saturated heterocycles. The van der Waals surface area contributed by atoms with Crippen LogP contribution < -0.4 is 11.1 Å². The van der Waals surface area contributed by atoms with Crippen LogP contribution in [0.3, 0.4) is 0 Å². The van der Waals surface area contributed by atoms with Crippen LogP contribution in [0.5, 0.6) is 0 Å². The normalized spacial score (nSPS) is 19.2. The second-order valence-electron chi connectivity index (χ2n) is 4.24. The Morgan fingerprint density at radius 3 is 3.24 bits per heavy atom. The first-order valence-corrected chi connectivity index (χ1v) is 6.24. The molecule has 0 amide bonds. The average Bonchev–Trinajstić information content (AvgIpc) is 2.82. The van der Waals surface area contributed by atoms with Crippen molar-refractivity contribution in [2.45, 2.75) is 12.8 Å². The van der Waals surface area contributed by atoms with Crippen molar-refractivity contribution in [3.63, 3.8) is 0 Å². The fourth-order valence-electron chi connectivity index (χ4n) is 1.90. The number of pyridine rings is 1. The Labute approximate surface area is 107 Å². The van der Waals surface area contributed by atoms with E-state index in [4.69, 9.17) is 22.7 Å². The molecule has 1 aliphatic heterocycles. The van der Waals surface area contributed by atoms with E-state index in [0.717, 1.165) is 37.6 Å². The molecule has 0 bridgehead atoms. The van der Waals surface area contributed by atoms with Crippen LogP contribution in [0, 0.1) is 5.92 Å². The van der Waals surface area contributed by atoms with E-state index < -0.39 is 0 Å². The topological polar surface area (TPSA) is 60.2 Å². The molecule has 1 aromatic heterocycles. The molecule has 92 valence electrons. The number of nitrogens with two attached hydrogens (primary N) is 1. The quantitative estimate of drug-likeness (QED) is 0.778. The van der Waals surface area contributed by atoms with Crippen LogP contribution in [-0.2, 0) is 4.74 Å². The van der Waals surface area contributed by atoms with E-state index in [1.807, 2.05) is 12.1 Å². The van der Waals surface area contributed by atoms with Crippen molar-refractivity contribution in [2.24, 2.45) is 11.7 Å². The van der Waals surface area contributed by atoms with E-state index in [9.17, 15) is 0 Å². The Hall–Kier alpha value is -1.20. The minimum Gasteiger partial charge on any atom is -0.389 e. The highest BCUT2D eigenvalue weighted by Gasteiger charge is 2.14. The largest absolute Gasteiger partial charge is 0.389 e. The maximum atomic E-state index is 5.57. The van der Waals surface area contributed by atoms with Gasteiger partial charge in [-0.15, -0.1) is 0 Å². The number of rotatable bonds is 5. The predicted molar refractivity (Wildman–Crippen MR) is 72.2 cm³/mol. The molecular formula is C12H17N3OS. The summed E-state index contributed by atoms with van der Waals surface area (Å²) in [6.07, 6.45) is 4.00. The van der Waals surface area contributed by atoms with Gasteiger partial charge in [0, 0.05) is 31.5 Å². The van der Waals surface area contributed by atoms with Crippen LogP contribution in [-0.4, -0.2) is 29.7 Å². The predicted octanol–water partition coefficient (Wildman–Crippen LogP) is 1.55. The molecule has 0 aromatic carbocycles. The zero-order valence-corrected chi connectivity index (χ0v) is 10.5. The summed E-state index contributed by atoms with van der Waals surface area (Å²) in [6, 6.07) is 3.70. The highest BCUT2D eigenvalue weighted by atomic mass is 32.1. The van der Waals surface area contributed by atoms with Crippen LogP contribution >= 0.6 is 12.2 Å². The Bertz CT molecular complexity index is 391. The fourth-order valence-corrected chi connectivity index (χ4v) is 2.02. The first-order chi connectivity index (χ1) is 8.25. The number of hydrogen-bond acceptors (Lipinski definition) is 4. The van der Waals surface area contributed by atoms with Crippen molar-refractivity contribution in [2.75, 3.05) is 25.1 Å². The maximum Gasteiger partial charge on any atom is 0.126 e. The van der Waals surface area contributed by atoms with Gasteiger partial charge in [-0.05, 0) is 30.9 Å². The summed E-state index contributed by atoms with van der Waals surface area (Å²) in [5.74, 6) is 1.51. The van der Waals surface area contributed by atoms with Gasteiger partial charge in [0.15, 0.2) is 0 Å². The van der Waals surface area contributed by atoms with Gasteiger partial charge in [-0.25, -0.2) is 4.98 Å². The standard InChI is InChI=1S/C12H17N3OS/c13-12(17)10-2-5-15-11(7-10)14-4-1-9-3-6-16-8-9/h2,5,7,9H,1,3-4,6,8H2,(H2,13,17)(H,14,15). The van der Waals surface area contributed by atoms with Gasteiger partial charge in [-0.3, -0.25) is 0 Å². The molecule has 2 rings (SSSR count). The van der Waals surface area contributed by atoms with Crippen molar-refractivity contribution in [3.05, 3.63) is 23.9 Å². The Kier molecular flexibility index (Phi) is 4.28. The van der Waals surface area contributed by atoms with Gasteiger partial charge in [-0.1, -0.05) is 12.2 Å². The Morgan fingerprint density at radius 2 is 2.53 bits per heavy atom. The summed E-state index contributed by atoms with van der Waals surface area (Å²) in [4.78, 5) is 4.63. The third-order valence-electron chi connectivity index (χ3n) is 2.93. The first kappa shape index (κ1) is 12.3. The Morgan fingerprint density at radius 1 is 1.65 bits per heavy atom. The molecule has 17 heavy (non-hydrogen) atoms. The van der Waals surface area contributed by atoms with Crippen LogP contribution in [0.2, 0.25) is 0 Å². The fraction of sp³-hybridized carbons (Fsp3) is 0.500. The number of nitrogens with one attached hydrogen (secondary N) is 1. The van der Waals surface area contributed by atoms with E-state index in [2.05, 4.69) is 10.3 Å².